The summed E-state index contributed by atoms with van der Waals surface area (Å²) in [7, 11) is -0.615. The minimum atomic E-state index is -0.615. The molecule has 0 bridgehead atoms. The molecule has 7 heteroatoms. The van der Waals surface area contributed by atoms with Gasteiger partial charge in [0.25, 0.3) is 0 Å². The van der Waals surface area contributed by atoms with Crippen LogP contribution >= 0.6 is 11.6 Å². The molecule has 144 valence electrons. The van der Waals surface area contributed by atoms with Crippen molar-refractivity contribution in [3.8, 4) is 11.3 Å². The second-order valence-electron chi connectivity index (χ2n) is 6.31. The lowest BCUT2D eigenvalue weighted by molar-refractivity contribution is 0.504. The van der Waals surface area contributed by atoms with Gasteiger partial charge in [-0.1, -0.05) is 37.6 Å². The van der Waals surface area contributed by atoms with E-state index in [2.05, 4.69) is 15.4 Å². The summed E-state index contributed by atoms with van der Waals surface area (Å²) >= 11 is 6.11. The molecular formula is C20H25ClN4OS. The van der Waals surface area contributed by atoms with Crippen LogP contribution in [0.15, 0.2) is 42.6 Å². The van der Waals surface area contributed by atoms with E-state index in [0.717, 1.165) is 53.6 Å². The van der Waals surface area contributed by atoms with Crippen LogP contribution in [0.1, 0.15) is 26.7 Å². The molecule has 1 N–H and O–H groups in total. The van der Waals surface area contributed by atoms with Crippen molar-refractivity contribution in [3.63, 3.8) is 0 Å². The van der Waals surface area contributed by atoms with Crippen molar-refractivity contribution >= 4 is 33.9 Å². The van der Waals surface area contributed by atoms with Crippen LogP contribution in [-0.4, -0.2) is 36.9 Å². The zero-order valence-electron chi connectivity index (χ0n) is 15.7. The summed E-state index contributed by atoms with van der Waals surface area (Å²) in [5, 5.41) is 8.79. The Kier molecular flexibility index (Phi) is 6.85. The van der Waals surface area contributed by atoms with E-state index in [9.17, 15) is 4.21 Å². The van der Waals surface area contributed by atoms with Gasteiger partial charge in [-0.25, -0.2) is 9.50 Å². The number of imidazole rings is 1. The molecule has 0 saturated carbocycles. The molecule has 3 heterocycles. The third kappa shape index (κ3) is 4.87. The van der Waals surface area contributed by atoms with Gasteiger partial charge in [-0.3, -0.25) is 4.21 Å². The molecule has 1 aliphatic heterocycles. The Balaban J connectivity index is 0.00000102. The number of benzene rings is 1. The maximum atomic E-state index is 11.5. The fraction of sp³-hybridized carbons (Fsp3) is 0.400. The molecule has 0 spiro atoms. The molecule has 0 atom stereocenters. The molecule has 5 nitrogen and oxygen atoms in total. The van der Waals surface area contributed by atoms with Gasteiger partial charge in [-0.2, -0.15) is 0 Å². The molecule has 27 heavy (non-hydrogen) atoms. The molecule has 0 aliphatic carbocycles. The highest BCUT2D eigenvalue weighted by Crippen LogP contribution is 2.24. The molecule has 1 fully saturated rings. The topological polar surface area (TPSA) is 59.3 Å². The maximum Gasteiger partial charge on any atom is 0.154 e. The average molecular weight is 405 g/mol. The van der Waals surface area contributed by atoms with Gasteiger partial charge in [0.1, 0.15) is 5.82 Å². The van der Waals surface area contributed by atoms with Crippen molar-refractivity contribution in [1.82, 2.24) is 14.6 Å². The first kappa shape index (κ1) is 19.8. The third-order valence-electron chi connectivity index (χ3n) is 4.56. The van der Waals surface area contributed by atoms with Crippen molar-refractivity contribution in [2.45, 2.75) is 26.7 Å². The van der Waals surface area contributed by atoms with Crippen LogP contribution in [0.2, 0.25) is 5.02 Å². The summed E-state index contributed by atoms with van der Waals surface area (Å²) in [5.41, 5.74) is 2.70. The maximum absolute atomic E-state index is 11.5. The number of halogens is 1. The first-order valence-electron chi connectivity index (χ1n) is 9.38. The van der Waals surface area contributed by atoms with Gasteiger partial charge < -0.3 is 5.32 Å². The standard InChI is InChI=1S/C18H19ClN4OS.C2H6/c19-15-3-1-2-14(10-15)16-12-21-18-5-4-17(22-23(16)18)20-11-13-6-8-25(24)9-7-13;1-2/h1-5,10,12-13H,6-9,11H2,(H,20,22);1-2H3. The molecule has 1 aromatic carbocycles. The van der Waals surface area contributed by atoms with Gasteiger partial charge in [0.05, 0.1) is 11.9 Å². The van der Waals surface area contributed by atoms with Crippen LogP contribution in [0.5, 0.6) is 0 Å². The van der Waals surface area contributed by atoms with Crippen LogP contribution in [0, 0.1) is 5.92 Å². The second-order valence-corrected chi connectivity index (χ2v) is 8.45. The van der Waals surface area contributed by atoms with Crippen LogP contribution < -0.4 is 5.32 Å². The number of nitrogens with zero attached hydrogens (tertiary/aromatic N) is 3. The SMILES string of the molecule is CC.O=S1CCC(CNc2ccc3ncc(-c4cccc(Cl)c4)n3n2)CC1. The largest absolute Gasteiger partial charge is 0.368 e. The molecule has 0 amide bonds. The first-order valence-corrected chi connectivity index (χ1v) is 11.3. The number of rotatable bonds is 4. The van der Waals surface area contributed by atoms with Crippen molar-refractivity contribution < 1.29 is 4.21 Å². The van der Waals surface area contributed by atoms with Crippen LogP contribution in [-0.2, 0) is 10.8 Å². The van der Waals surface area contributed by atoms with E-state index in [1.54, 1.807) is 0 Å². The van der Waals surface area contributed by atoms with Gasteiger partial charge in [-0.05, 0) is 43.0 Å². The smallest absolute Gasteiger partial charge is 0.154 e. The summed E-state index contributed by atoms with van der Waals surface area (Å²) in [6.07, 6.45) is 3.84. The molecular weight excluding hydrogens is 380 g/mol. The predicted molar refractivity (Wildman–Crippen MR) is 114 cm³/mol. The monoisotopic (exact) mass is 404 g/mol. The van der Waals surface area contributed by atoms with E-state index in [1.807, 2.05) is 61.0 Å². The molecule has 0 radical (unpaired) electrons. The van der Waals surface area contributed by atoms with Crippen molar-refractivity contribution in [1.29, 1.82) is 0 Å². The first-order chi connectivity index (χ1) is 13.2. The van der Waals surface area contributed by atoms with E-state index in [0.29, 0.717) is 10.9 Å². The fourth-order valence-electron chi connectivity index (χ4n) is 3.11. The highest BCUT2D eigenvalue weighted by Gasteiger charge is 2.17. The highest BCUT2D eigenvalue weighted by molar-refractivity contribution is 7.85. The number of fused-ring (bicyclic) bond motifs is 1. The Morgan fingerprint density at radius 2 is 2.00 bits per heavy atom. The lowest BCUT2D eigenvalue weighted by Crippen LogP contribution is -2.24. The van der Waals surface area contributed by atoms with Crippen molar-refractivity contribution in [2.24, 2.45) is 5.92 Å². The summed E-state index contributed by atoms with van der Waals surface area (Å²) in [4.78, 5) is 4.42. The van der Waals surface area contributed by atoms with Crippen molar-refractivity contribution in [2.75, 3.05) is 23.4 Å². The predicted octanol–water partition coefficient (Wildman–Crippen LogP) is 4.65. The molecule has 4 rings (SSSR count). The zero-order valence-corrected chi connectivity index (χ0v) is 17.3. The number of hydrogen-bond acceptors (Lipinski definition) is 4. The van der Waals surface area contributed by atoms with E-state index >= 15 is 0 Å². The van der Waals surface area contributed by atoms with Crippen LogP contribution in [0.4, 0.5) is 5.82 Å². The number of hydrogen-bond donors (Lipinski definition) is 1. The Morgan fingerprint density at radius 1 is 1.22 bits per heavy atom. The van der Waals surface area contributed by atoms with Gasteiger partial charge >= 0.3 is 0 Å². The summed E-state index contributed by atoms with van der Waals surface area (Å²) in [6.45, 7) is 4.86. The number of anilines is 1. The Bertz CT molecular complexity index is 917. The van der Waals surface area contributed by atoms with Gasteiger partial charge in [0, 0.05) is 39.4 Å². The lowest BCUT2D eigenvalue weighted by atomic mass is 10.0. The fourth-order valence-corrected chi connectivity index (χ4v) is 4.69. The molecule has 1 aliphatic rings. The summed E-state index contributed by atoms with van der Waals surface area (Å²) < 4.78 is 13.3. The van der Waals surface area contributed by atoms with E-state index < -0.39 is 10.8 Å². The van der Waals surface area contributed by atoms with Gasteiger partial charge in [0.2, 0.25) is 0 Å². The van der Waals surface area contributed by atoms with Gasteiger partial charge in [-0.15, -0.1) is 5.10 Å². The lowest BCUT2D eigenvalue weighted by Gasteiger charge is -2.21. The van der Waals surface area contributed by atoms with E-state index in [4.69, 9.17) is 11.6 Å². The summed E-state index contributed by atoms with van der Waals surface area (Å²) in [5.74, 6) is 3.02. The number of aromatic nitrogens is 3. The Morgan fingerprint density at radius 3 is 2.74 bits per heavy atom. The number of nitrogens with one attached hydrogen (secondary N) is 1. The minimum Gasteiger partial charge on any atom is -0.368 e. The molecule has 0 unspecified atom stereocenters. The van der Waals surface area contributed by atoms with Gasteiger partial charge in [0.15, 0.2) is 5.65 Å². The third-order valence-corrected chi connectivity index (χ3v) is 6.18. The summed E-state index contributed by atoms with van der Waals surface area (Å²) in [6, 6.07) is 11.6. The second kappa shape index (κ2) is 9.33. The zero-order chi connectivity index (χ0) is 19.2. The molecule has 2 aromatic heterocycles. The van der Waals surface area contributed by atoms with Crippen LogP contribution in [0.3, 0.4) is 0 Å². The molecule has 1 saturated heterocycles. The Hall–Kier alpha value is -1.92. The Labute approximate surface area is 167 Å². The van der Waals surface area contributed by atoms with Crippen LogP contribution in [0.25, 0.3) is 16.9 Å². The van der Waals surface area contributed by atoms with E-state index in [-0.39, 0.29) is 0 Å². The normalized spacial score (nSPS) is 19.4. The molecule has 3 aromatic rings. The highest BCUT2D eigenvalue weighted by atomic mass is 35.5. The minimum absolute atomic E-state index is 0.561. The quantitative estimate of drug-likeness (QED) is 0.687. The van der Waals surface area contributed by atoms with Crippen molar-refractivity contribution in [3.05, 3.63) is 47.6 Å². The average Bonchev–Trinajstić information content (AvgIpc) is 3.12. The van der Waals surface area contributed by atoms with E-state index in [1.165, 1.54) is 0 Å².